The van der Waals surface area contributed by atoms with Crippen LogP contribution in [0.2, 0.25) is 5.28 Å². The largest absolute Gasteiger partial charge is 0.365 e. The van der Waals surface area contributed by atoms with Gasteiger partial charge < -0.3 is 10.2 Å². The van der Waals surface area contributed by atoms with Gasteiger partial charge in [0.1, 0.15) is 0 Å². The van der Waals surface area contributed by atoms with Crippen molar-refractivity contribution in [3.8, 4) is 0 Å². The number of halogens is 2. The summed E-state index contributed by atoms with van der Waals surface area (Å²) in [6.07, 6.45) is 6.17. The van der Waals surface area contributed by atoms with E-state index in [1.807, 2.05) is 6.07 Å². The van der Waals surface area contributed by atoms with Gasteiger partial charge in [-0.1, -0.05) is 29.8 Å². The lowest BCUT2D eigenvalue weighted by molar-refractivity contribution is 0.0516. The summed E-state index contributed by atoms with van der Waals surface area (Å²) in [4.78, 5) is 24.3. The molecule has 2 aromatic rings. The van der Waals surface area contributed by atoms with Gasteiger partial charge in [-0.2, -0.15) is 4.98 Å². The van der Waals surface area contributed by atoms with Crippen molar-refractivity contribution in [3.63, 3.8) is 0 Å². The fourth-order valence-corrected chi connectivity index (χ4v) is 3.06. The molecule has 3 rings (SSSR count). The Labute approximate surface area is 155 Å². The molecule has 1 aromatic carbocycles. The summed E-state index contributed by atoms with van der Waals surface area (Å²) in [5.41, 5.74) is 0.448. The smallest absolute Gasteiger partial charge is 0.365 e. The Bertz CT molecular complexity index is 788. The third kappa shape index (κ3) is 4.98. The average molecular weight is 377 g/mol. The van der Waals surface area contributed by atoms with Crippen LogP contribution in [0.1, 0.15) is 36.0 Å². The molecule has 0 amide bonds. The molecule has 0 aliphatic heterocycles. The number of hydrogen-bond donors (Lipinski definition) is 1. The van der Waals surface area contributed by atoms with Crippen LogP contribution in [-0.2, 0) is 4.84 Å². The Balaban J connectivity index is 1.53. The molecule has 1 heterocycles. The molecule has 2 atom stereocenters. The monoisotopic (exact) mass is 376 g/mol. The van der Waals surface area contributed by atoms with Gasteiger partial charge in [-0.25, -0.2) is 14.2 Å². The van der Waals surface area contributed by atoms with E-state index in [1.54, 1.807) is 30.5 Å². The second-order valence-electron chi connectivity index (χ2n) is 6.10. The molecule has 0 saturated heterocycles. The summed E-state index contributed by atoms with van der Waals surface area (Å²) in [6, 6.07) is 8.71. The zero-order chi connectivity index (χ0) is 18.4. The Morgan fingerprint density at radius 2 is 2.15 bits per heavy atom. The zero-order valence-electron chi connectivity index (χ0n) is 13.9. The van der Waals surface area contributed by atoms with Crippen molar-refractivity contribution in [2.75, 3.05) is 5.32 Å². The Hall–Kier alpha value is -2.54. The standard InChI is InChI=1S/C18H18ClFN4O2/c19-18-21-11-15(20)16(24-18)23-14-8-4-5-12(9-14)10-22-26-17(25)13-6-2-1-3-7-13/h1-3,6-7,10-12,14H,4-5,8-9H2,(H,21,23,24)/b22-10+/t12?,14-/m0/s1. The molecular formula is C18H18ClFN4O2. The maximum Gasteiger partial charge on any atom is 0.365 e. The van der Waals surface area contributed by atoms with Gasteiger partial charge in [0.25, 0.3) is 0 Å². The minimum atomic E-state index is -0.540. The van der Waals surface area contributed by atoms with Gasteiger partial charge in [0.2, 0.25) is 5.28 Å². The topological polar surface area (TPSA) is 76.5 Å². The van der Waals surface area contributed by atoms with Crippen molar-refractivity contribution in [1.29, 1.82) is 0 Å². The second-order valence-corrected chi connectivity index (χ2v) is 6.44. The van der Waals surface area contributed by atoms with Crippen LogP contribution in [-0.4, -0.2) is 28.2 Å². The van der Waals surface area contributed by atoms with Crippen LogP contribution in [0.5, 0.6) is 0 Å². The van der Waals surface area contributed by atoms with Gasteiger partial charge >= 0.3 is 5.97 Å². The number of nitrogens with zero attached hydrogens (tertiary/aromatic N) is 3. The summed E-state index contributed by atoms with van der Waals surface area (Å²) >= 11 is 5.71. The number of aromatic nitrogens is 2. The van der Waals surface area contributed by atoms with E-state index in [-0.39, 0.29) is 23.1 Å². The van der Waals surface area contributed by atoms with Crippen molar-refractivity contribution >= 4 is 29.6 Å². The van der Waals surface area contributed by atoms with E-state index in [1.165, 1.54) is 0 Å². The highest BCUT2D eigenvalue weighted by Gasteiger charge is 2.22. The van der Waals surface area contributed by atoms with Crippen LogP contribution in [0.3, 0.4) is 0 Å². The van der Waals surface area contributed by atoms with Gasteiger partial charge in [-0.15, -0.1) is 0 Å². The Kier molecular flexibility index (Phi) is 6.12. The number of anilines is 1. The minimum absolute atomic E-state index is 0.00403. The van der Waals surface area contributed by atoms with Gasteiger partial charge in [0.15, 0.2) is 11.6 Å². The SMILES string of the molecule is O=C(O/N=C/C1CCC[C@H](Nc2nc(Cl)ncc2F)C1)c1ccccc1. The molecule has 1 fully saturated rings. The zero-order valence-corrected chi connectivity index (χ0v) is 14.7. The van der Waals surface area contributed by atoms with E-state index in [4.69, 9.17) is 16.4 Å². The van der Waals surface area contributed by atoms with Crippen molar-refractivity contribution in [3.05, 3.63) is 53.2 Å². The van der Waals surface area contributed by atoms with Gasteiger partial charge in [0.05, 0.1) is 11.8 Å². The molecule has 8 heteroatoms. The highest BCUT2D eigenvalue weighted by Crippen LogP contribution is 2.26. The number of carbonyl (C=O) groups excluding carboxylic acids is 1. The summed E-state index contributed by atoms with van der Waals surface area (Å²) in [5.74, 6) is -0.805. The fraction of sp³-hybridized carbons (Fsp3) is 0.333. The van der Waals surface area contributed by atoms with E-state index < -0.39 is 11.8 Å². The van der Waals surface area contributed by atoms with Crippen LogP contribution >= 0.6 is 11.6 Å². The first kappa shape index (κ1) is 18.3. The third-order valence-electron chi connectivity index (χ3n) is 4.19. The normalized spacial score (nSPS) is 20.1. The quantitative estimate of drug-likeness (QED) is 0.368. The average Bonchev–Trinajstić information content (AvgIpc) is 2.66. The number of hydrogen-bond acceptors (Lipinski definition) is 6. The fourth-order valence-electron chi connectivity index (χ4n) is 2.93. The molecular weight excluding hydrogens is 359 g/mol. The number of rotatable bonds is 5. The Morgan fingerprint density at radius 1 is 1.35 bits per heavy atom. The maximum atomic E-state index is 13.7. The third-order valence-corrected chi connectivity index (χ3v) is 4.37. The van der Waals surface area contributed by atoms with Crippen molar-refractivity contribution in [1.82, 2.24) is 9.97 Å². The van der Waals surface area contributed by atoms with Gasteiger partial charge in [0, 0.05) is 12.3 Å². The van der Waals surface area contributed by atoms with Crippen LogP contribution < -0.4 is 5.32 Å². The molecule has 1 aliphatic carbocycles. The molecule has 136 valence electrons. The number of benzene rings is 1. The van der Waals surface area contributed by atoms with Crippen molar-refractivity contribution in [2.45, 2.75) is 31.7 Å². The van der Waals surface area contributed by atoms with Crippen LogP contribution in [0, 0.1) is 11.7 Å². The first-order valence-electron chi connectivity index (χ1n) is 8.36. The highest BCUT2D eigenvalue weighted by molar-refractivity contribution is 6.28. The number of oxime groups is 1. The molecule has 1 N–H and O–H groups in total. The number of carbonyl (C=O) groups is 1. The van der Waals surface area contributed by atoms with E-state index in [0.29, 0.717) is 5.56 Å². The molecule has 0 spiro atoms. The van der Waals surface area contributed by atoms with Gasteiger partial charge in [-0.3, -0.25) is 0 Å². The highest BCUT2D eigenvalue weighted by atomic mass is 35.5. The summed E-state index contributed by atoms with van der Waals surface area (Å²) < 4.78 is 13.7. The maximum absolute atomic E-state index is 13.7. The molecule has 0 bridgehead atoms. The predicted octanol–water partition coefficient (Wildman–Crippen LogP) is 4.08. The number of nitrogens with one attached hydrogen (secondary N) is 1. The summed E-state index contributed by atoms with van der Waals surface area (Å²) in [6.45, 7) is 0. The molecule has 1 unspecified atom stereocenters. The summed E-state index contributed by atoms with van der Waals surface area (Å²) in [5, 5.41) is 6.88. The molecule has 1 aliphatic rings. The van der Waals surface area contributed by atoms with Crippen LogP contribution in [0.25, 0.3) is 0 Å². The van der Waals surface area contributed by atoms with Crippen molar-refractivity contribution < 1.29 is 14.0 Å². The molecule has 1 aromatic heterocycles. The molecule has 1 saturated carbocycles. The van der Waals surface area contributed by atoms with E-state index >= 15 is 0 Å². The first-order valence-corrected chi connectivity index (χ1v) is 8.74. The van der Waals surface area contributed by atoms with E-state index in [9.17, 15) is 9.18 Å². The lowest BCUT2D eigenvalue weighted by atomic mass is 9.86. The van der Waals surface area contributed by atoms with Crippen LogP contribution in [0.4, 0.5) is 10.2 Å². The van der Waals surface area contributed by atoms with Crippen LogP contribution in [0.15, 0.2) is 41.7 Å². The molecule has 6 nitrogen and oxygen atoms in total. The lowest BCUT2D eigenvalue weighted by Gasteiger charge is -2.27. The van der Waals surface area contributed by atoms with E-state index in [0.717, 1.165) is 31.9 Å². The predicted molar refractivity (Wildman–Crippen MR) is 96.7 cm³/mol. The summed E-state index contributed by atoms with van der Waals surface area (Å²) in [7, 11) is 0. The second kappa shape index (κ2) is 8.71. The minimum Gasteiger partial charge on any atom is -0.365 e. The van der Waals surface area contributed by atoms with Gasteiger partial charge in [-0.05, 0) is 48.9 Å². The van der Waals surface area contributed by atoms with Crippen molar-refractivity contribution in [2.24, 2.45) is 11.1 Å². The molecule has 26 heavy (non-hydrogen) atoms. The molecule has 0 radical (unpaired) electrons. The Morgan fingerprint density at radius 3 is 2.96 bits per heavy atom. The van der Waals surface area contributed by atoms with E-state index in [2.05, 4.69) is 20.4 Å². The lowest BCUT2D eigenvalue weighted by Crippen LogP contribution is -2.28. The first-order chi connectivity index (χ1) is 12.6.